The van der Waals surface area contributed by atoms with Crippen LogP contribution >= 0.6 is 0 Å². The minimum absolute atomic E-state index is 0.395. The molecule has 1 aliphatic rings. The first-order valence-corrected chi connectivity index (χ1v) is 5.42. The number of rotatable bonds is 1. The van der Waals surface area contributed by atoms with Crippen molar-refractivity contribution in [1.82, 2.24) is 15.0 Å². The van der Waals surface area contributed by atoms with E-state index in [2.05, 4.69) is 28.5 Å². The Bertz CT molecular complexity index is 498. The zero-order chi connectivity index (χ0) is 10.1. The molecule has 15 heavy (non-hydrogen) atoms. The molecular formula is C12H13N3. The Labute approximate surface area is 88.4 Å². The molecule has 0 amide bonds. The number of allylic oxidation sites excluding steroid dienone is 2. The lowest BCUT2D eigenvalue weighted by Gasteiger charge is -2.16. The summed E-state index contributed by atoms with van der Waals surface area (Å²) in [6.45, 7) is 0. The van der Waals surface area contributed by atoms with E-state index in [-0.39, 0.29) is 0 Å². The zero-order valence-electron chi connectivity index (χ0n) is 8.50. The van der Waals surface area contributed by atoms with Gasteiger partial charge in [-0.25, -0.2) is 4.68 Å². The summed E-state index contributed by atoms with van der Waals surface area (Å²) < 4.78 is 2.03. The van der Waals surface area contributed by atoms with Crippen LogP contribution in [-0.2, 0) is 0 Å². The molecule has 0 bridgehead atoms. The first-order chi connectivity index (χ1) is 7.45. The smallest absolute Gasteiger partial charge is 0.113 e. The van der Waals surface area contributed by atoms with Crippen LogP contribution in [0.4, 0.5) is 0 Å². The molecular weight excluding hydrogens is 186 g/mol. The first-order valence-electron chi connectivity index (χ1n) is 5.42. The molecule has 1 aromatic heterocycles. The zero-order valence-corrected chi connectivity index (χ0v) is 8.50. The second kappa shape index (κ2) is 3.50. The van der Waals surface area contributed by atoms with Crippen LogP contribution in [-0.4, -0.2) is 15.0 Å². The third-order valence-electron chi connectivity index (χ3n) is 2.92. The molecule has 3 rings (SSSR count). The Morgan fingerprint density at radius 3 is 3.07 bits per heavy atom. The van der Waals surface area contributed by atoms with Gasteiger partial charge in [-0.15, -0.1) is 5.10 Å². The van der Waals surface area contributed by atoms with Crippen LogP contribution in [0.5, 0.6) is 0 Å². The van der Waals surface area contributed by atoms with Gasteiger partial charge in [-0.2, -0.15) is 0 Å². The van der Waals surface area contributed by atoms with E-state index in [9.17, 15) is 0 Å². The highest BCUT2D eigenvalue weighted by atomic mass is 15.4. The maximum atomic E-state index is 4.23. The van der Waals surface area contributed by atoms with E-state index < -0.39 is 0 Å². The molecule has 76 valence electrons. The van der Waals surface area contributed by atoms with Gasteiger partial charge in [0.25, 0.3) is 0 Å². The number of fused-ring (bicyclic) bond motifs is 1. The molecule has 1 atom stereocenters. The number of benzene rings is 1. The standard InChI is InChI=1S/C12H13N3/c1-2-6-10(7-3-1)15-12-9-5-4-8-11(12)13-14-15/h2,4-6,8-10H,1,3,7H2. The third-order valence-corrected chi connectivity index (χ3v) is 2.92. The summed E-state index contributed by atoms with van der Waals surface area (Å²) in [5.74, 6) is 0. The van der Waals surface area contributed by atoms with Gasteiger partial charge < -0.3 is 0 Å². The summed E-state index contributed by atoms with van der Waals surface area (Å²) >= 11 is 0. The Morgan fingerprint density at radius 2 is 2.20 bits per heavy atom. The Morgan fingerprint density at radius 1 is 1.27 bits per heavy atom. The van der Waals surface area contributed by atoms with E-state index in [0.29, 0.717) is 6.04 Å². The second-order valence-electron chi connectivity index (χ2n) is 3.95. The maximum absolute atomic E-state index is 4.23. The summed E-state index contributed by atoms with van der Waals surface area (Å²) in [4.78, 5) is 0. The summed E-state index contributed by atoms with van der Waals surface area (Å²) in [5.41, 5.74) is 2.12. The number of para-hydroxylation sites is 1. The summed E-state index contributed by atoms with van der Waals surface area (Å²) in [6.07, 6.45) is 8.09. The van der Waals surface area contributed by atoms with Gasteiger partial charge in [-0.3, -0.25) is 0 Å². The van der Waals surface area contributed by atoms with Crippen molar-refractivity contribution in [3.05, 3.63) is 36.4 Å². The summed E-state index contributed by atoms with van der Waals surface area (Å²) in [6, 6.07) is 8.52. The molecule has 0 N–H and O–H groups in total. The van der Waals surface area contributed by atoms with Gasteiger partial charge in [0.05, 0.1) is 11.6 Å². The fourth-order valence-electron chi connectivity index (χ4n) is 2.13. The Kier molecular flexibility index (Phi) is 2.02. The van der Waals surface area contributed by atoms with E-state index in [1.165, 1.54) is 19.3 Å². The number of hydrogen-bond acceptors (Lipinski definition) is 2. The minimum Gasteiger partial charge on any atom is -0.238 e. The normalized spacial score (nSPS) is 20.9. The molecule has 1 aromatic carbocycles. The molecule has 0 spiro atoms. The molecule has 0 fully saturated rings. The predicted octanol–water partition coefficient (Wildman–Crippen LogP) is 2.71. The Balaban J connectivity index is 2.10. The lowest BCUT2D eigenvalue weighted by molar-refractivity contribution is 0.474. The molecule has 0 radical (unpaired) electrons. The van der Waals surface area contributed by atoms with Crippen molar-refractivity contribution in [1.29, 1.82) is 0 Å². The van der Waals surface area contributed by atoms with E-state index in [4.69, 9.17) is 0 Å². The molecule has 3 heteroatoms. The van der Waals surface area contributed by atoms with Crippen molar-refractivity contribution in [2.75, 3.05) is 0 Å². The highest BCUT2D eigenvalue weighted by molar-refractivity contribution is 5.74. The van der Waals surface area contributed by atoms with Crippen molar-refractivity contribution in [2.45, 2.75) is 25.3 Å². The summed E-state index contributed by atoms with van der Waals surface area (Å²) in [7, 11) is 0. The van der Waals surface area contributed by atoms with E-state index in [1.54, 1.807) is 0 Å². The highest BCUT2D eigenvalue weighted by Crippen LogP contribution is 2.24. The molecule has 1 unspecified atom stereocenters. The van der Waals surface area contributed by atoms with Crippen LogP contribution in [0.1, 0.15) is 25.3 Å². The summed E-state index contributed by atoms with van der Waals surface area (Å²) in [5, 5.41) is 8.41. The van der Waals surface area contributed by atoms with Crippen LogP contribution in [0.15, 0.2) is 36.4 Å². The third kappa shape index (κ3) is 1.44. The quantitative estimate of drug-likeness (QED) is 0.661. The van der Waals surface area contributed by atoms with Gasteiger partial charge in [-0.05, 0) is 31.4 Å². The average molecular weight is 199 g/mol. The molecule has 0 saturated carbocycles. The van der Waals surface area contributed by atoms with Crippen LogP contribution < -0.4 is 0 Å². The highest BCUT2D eigenvalue weighted by Gasteiger charge is 2.14. The van der Waals surface area contributed by atoms with E-state index >= 15 is 0 Å². The van der Waals surface area contributed by atoms with Gasteiger partial charge in [0.15, 0.2) is 0 Å². The lowest BCUT2D eigenvalue weighted by Crippen LogP contribution is -2.10. The van der Waals surface area contributed by atoms with Gasteiger partial charge in [0.1, 0.15) is 5.52 Å². The van der Waals surface area contributed by atoms with Crippen LogP contribution in [0, 0.1) is 0 Å². The van der Waals surface area contributed by atoms with Crippen molar-refractivity contribution in [2.24, 2.45) is 0 Å². The monoisotopic (exact) mass is 199 g/mol. The second-order valence-corrected chi connectivity index (χ2v) is 3.95. The number of nitrogens with zero attached hydrogens (tertiary/aromatic N) is 3. The largest absolute Gasteiger partial charge is 0.238 e. The fourth-order valence-corrected chi connectivity index (χ4v) is 2.13. The van der Waals surface area contributed by atoms with Crippen molar-refractivity contribution < 1.29 is 0 Å². The molecule has 0 saturated heterocycles. The van der Waals surface area contributed by atoms with Crippen molar-refractivity contribution >= 4 is 11.0 Å². The van der Waals surface area contributed by atoms with Gasteiger partial charge in [0.2, 0.25) is 0 Å². The van der Waals surface area contributed by atoms with Gasteiger partial charge in [0, 0.05) is 0 Å². The molecule has 1 heterocycles. The maximum Gasteiger partial charge on any atom is 0.113 e. The average Bonchev–Trinajstić information content (AvgIpc) is 2.74. The van der Waals surface area contributed by atoms with Gasteiger partial charge in [-0.1, -0.05) is 29.5 Å². The number of hydrogen-bond donors (Lipinski definition) is 0. The molecule has 3 nitrogen and oxygen atoms in total. The molecule has 1 aliphatic carbocycles. The molecule has 2 aromatic rings. The fraction of sp³-hybridized carbons (Fsp3) is 0.333. The van der Waals surface area contributed by atoms with Gasteiger partial charge >= 0.3 is 0 Å². The van der Waals surface area contributed by atoms with Crippen molar-refractivity contribution in [3.8, 4) is 0 Å². The Hall–Kier alpha value is -1.64. The van der Waals surface area contributed by atoms with Crippen LogP contribution in [0.3, 0.4) is 0 Å². The van der Waals surface area contributed by atoms with Crippen molar-refractivity contribution in [3.63, 3.8) is 0 Å². The SMILES string of the molecule is C1=CC(n2nnc3ccccc32)CCC1. The molecule has 0 aliphatic heterocycles. The van der Waals surface area contributed by atoms with E-state index in [1.807, 2.05) is 22.9 Å². The minimum atomic E-state index is 0.395. The van der Waals surface area contributed by atoms with E-state index in [0.717, 1.165) is 11.0 Å². The topological polar surface area (TPSA) is 30.7 Å². The predicted molar refractivity (Wildman–Crippen MR) is 59.6 cm³/mol. The van der Waals surface area contributed by atoms with Crippen LogP contribution in [0.25, 0.3) is 11.0 Å². The van der Waals surface area contributed by atoms with Crippen LogP contribution in [0.2, 0.25) is 0 Å². The lowest BCUT2D eigenvalue weighted by atomic mass is 10.0. The number of aromatic nitrogens is 3. The first kappa shape index (κ1) is 8.65.